The molecule has 0 saturated heterocycles. The van der Waals surface area contributed by atoms with Gasteiger partial charge in [-0.2, -0.15) is 0 Å². The van der Waals surface area contributed by atoms with E-state index in [1.54, 1.807) is 30.3 Å². The lowest BCUT2D eigenvalue weighted by molar-refractivity contribution is 0.0979. The summed E-state index contributed by atoms with van der Waals surface area (Å²) >= 11 is 2.87. The van der Waals surface area contributed by atoms with Crippen molar-refractivity contribution in [1.82, 2.24) is 5.32 Å². The van der Waals surface area contributed by atoms with E-state index < -0.39 is 0 Å². The Balaban J connectivity index is 1.77. The van der Waals surface area contributed by atoms with E-state index in [-0.39, 0.29) is 11.8 Å². The van der Waals surface area contributed by atoms with Gasteiger partial charge in [0.25, 0.3) is 11.8 Å². The molecule has 1 aromatic carbocycles. The quantitative estimate of drug-likeness (QED) is 0.908. The zero-order valence-electron chi connectivity index (χ0n) is 11.5. The molecule has 0 radical (unpaired) electrons. The van der Waals surface area contributed by atoms with Gasteiger partial charge in [-0.15, -0.1) is 11.3 Å². The highest BCUT2D eigenvalue weighted by molar-refractivity contribution is 8.14. The fourth-order valence-corrected chi connectivity index (χ4v) is 3.30. The second kappa shape index (κ2) is 6.76. The molecule has 0 atom stereocenters. The molecule has 0 bridgehead atoms. The number of thiophene rings is 1. The lowest BCUT2D eigenvalue weighted by Gasteiger charge is -2.10. The Morgan fingerprint density at radius 1 is 1.05 bits per heavy atom. The Hall–Kier alpha value is -2.12. The zero-order chi connectivity index (χ0) is 15.4. The summed E-state index contributed by atoms with van der Waals surface area (Å²) in [6.45, 7) is 0.719. The molecule has 5 nitrogen and oxygen atoms in total. The third-order valence-corrected chi connectivity index (χ3v) is 4.73. The van der Waals surface area contributed by atoms with Crippen molar-refractivity contribution >= 4 is 45.8 Å². The van der Waals surface area contributed by atoms with Crippen LogP contribution in [0.3, 0.4) is 0 Å². The molecular formula is C15H13N3O2S2. The SMILES string of the molecule is O=C(Nc1ccccc1C(=O)NC1=NCCS1)c1cccs1. The second-order valence-electron chi connectivity index (χ2n) is 4.47. The van der Waals surface area contributed by atoms with Crippen molar-refractivity contribution in [3.63, 3.8) is 0 Å². The molecule has 7 heteroatoms. The van der Waals surface area contributed by atoms with Crippen molar-refractivity contribution in [3.8, 4) is 0 Å². The van der Waals surface area contributed by atoms with Crippen LogP contribution in [0, 0.1) is 0 Å². The summed E-state index contributed by atoms with van der Waals surface area (Å²) in [6.07, 6.45) is 0. The van der Waals surface area contributed by atoms with Crippen LogP contribution >= 0.6 is 23.1 Å². The summed E-state index contributed by atoms with van der Waals surface area (Å²) in [7, 11) is 0. The van der Waals surface area contributed by atoms with Crippen LogP contribution in [-0.2, 0) is 0 Å². The number of carbonyl (C=O) groups excluding carboxylic acids is 2. The molecule has 1 aliphatic heterocycles. The first-order valence-corrected chi connectivity index (χ1v) is 8.53. The Kier molecular flexibility index (Phi) is 4.55. The first-order chi connectivity index (χ1) is 10.7. The van der Waals surface area contributed by atoms with Gasteiger partial charge < -0.3 is 10.6 Å². The monoisotopic (exact) mass is 331 g/mol. The van der Waals surface area contributed by atoms with Crippen molar-refractivity contribution < 1.29 is 9.59 Å². The molecule has 2 N–H and O–H groups in total. The van der Waals surface area contributed by atoms with Gasteiger partial charge in [0.15, 0.2) is 5.17 Å². The van der Waals surface area contributed by atoms with E-state index in [9.17, 15) is 9.59 Å². The van der Waals surface area contributed by atoms with Crippen LogP contribution in [0.15, 0.2) is 46.8 Å². The number of aliphatic imine (C=N–C) groups is 1. The van der Waals surface area contributed by atoms with Gasteiger partial charge in [0.05, 0.1) is 22.7 Å². The van der Waals surface area contributed by atoms with Crippen molar-refractivity contribution in [2.24, 2.45) is 4.99 Å². The number of hydrogen-bond acceptors (Lipinski definition) is 5. The van der Waals surface area contributed by atoms with Crippen LogP contribution in [0.4, 0.5) is 5.69 Å². The van der Waals surface area contributed by atoms with Gasteiger partial charge in [-0.3, -0.25) is 14.6 Å². The van der Waals surface area contributed by atoms with Gasteiger partial charge in [0.2, 0.25) is 0 Å². The molecule has 0 fully saturated rings. The van der Waals surface area contributed by atoms with Gasteiger partial charge in [-0.05, 0) is 23.6 Å². The molecule has 112 valence electrons. The summed E-state index contributed by atoms with van der Waals surface area (Å²) in [5.74, 6) is 0.393. The van der Waals surface area contributed by atoms with Crippen LogP contribution in [0.2, 0.25) is 0 Å². The third-order valence-electron chi connectivity index (χ3n) is 2.97. The fourth-order valence-electron chi connectivity index (χ4n) is 1.96. The molecule has 3 rings (SSSR count). The lowest BCUT2D eigenvalue weighted by Crippen LogP contribution is -2.28. The van der Waals surface area contributed by atoms with Crippen molar-refractivity contribution in [2.45, 2.75) is 0 Å². The predicted molar refractivity (Wildman–Crippen MR) is 90.9 cm³/mol. The topological polar surface area (TPSA) is 70.6 Å². The number of nitrogens with one attached hydrogen (secondary N) is 2. The number of amidine groups is 1. The summed E-state index contributed by atoms with van der Waals surface area (Å²) in [5, 5.41) is 8.02. The summed E-state index contributed by atoms with van der Waals surface area (Å²) in [6, 6.07) is 10.5. The third kappa shape index (κ3) is 3.37. The summed E-state index contributed by atoms with van der Waals surface area (Å²) < 4.78 is 0. The number of thioether (sulfide) groups is 1. The number of anilines is 1. The molecule has 1 aromatic heterocycles. The first kappa shape index (κ1) is 14.8. The number of carbonyl (C=O) groups is 2. The van der Waals surface area contributed by atoms with E-state index in [1.807, 2.05) is 11.4 Å². The molecule has 22 heavy (non-hydrogen) atoms. The van der Waals surface area contributed by atoms with Crippen LogP contribution in [-0.4, -0.2) is 29.3 Å². The minimum absolute atomic E-state index is 0.220. The molecule has 0 spiro atoms. The number of amides is 2. The Morgan fingerprint density at radius 2 is 1.91 bits per heavy atom. The number of benzene rings is 1. The average Bonchev–Trinajstić information content (AvgIpc) is 3.21. The summed E-state index contributed by atoms with van der Waals surface area (Å²) in [5.41, 5.74) is 0.907. The molecule has 0 aliphatic carbocycles. The Labute approximate surface area is 135 Å². The molecule has 2 amide bonds. The highest BCUT2D eigenvalue weighted by Crippen LogP contribution is 2.19. The van der Waals surface area contributed by atoms with Crippen molar-refractivity contribution in [2.75, 3.05) is 17.6 Å². The average molecular weight is 331 g/mol. The Bertz CT molecular complexity index is 726. The molecule has 0 unspecified atom stereocenters. The first-order valence-electron chi connectivity index (χ1n) is 6.66. The van der Waals surface area contributed by atoms with Gasteiger partial charge in [-0.25, -0.2) is 0 Å². The van der Waals surface area contributed by atoms with Gasteiger partial charge in [0.1, 0.15) is 0 Å². The van der Waals surface area contributed by atoms with Crippen molar-refractivity contribution in [3.05, 3.63) is 52.2 Å². The smallest absolute Gasteiger partial charge is 0.265 e. The minimum Gasteiger partial charge on any atom is -0.321 e. The van der Waals surface area contributed by atoms with E-state index in [4.69, 9.17) is 0 Å². The molecule has 2 aromatic rings. The number of rotatable bonds is 3. The number of para-hydroxylation sites is 1. The van der Waals surface area contributed by atoms with Gasteiger partial charge >= 0.3 is 0 Å². The minimum atomic E-state index is -0.268. The lowest BCUT2D eigenvalue weighted by atomic mass is 10.1. The fraction of sp³-hybridized carbons (Fsp3) is 0.133. The predicted octanol–water partition coefficient (Wildman–Crippen LogP) is 2.83. The molecule has 2 heterocycles. The molecule has 1 aliphatic rings. The Morgan fingerprint density at radius 3 is 2.64 bits per heavy atom. The van der Waals surface area contributed by atoms with Gasteiger partial charge in [-0.1, -0.05) is 30.0 Å². The maximum atomic E-state index is 12.3. The number of nitrogens with zero attached hydrogens (tertiary/aromatic N) is 1. The van der Waals surface area contributed by atoms with E-state index in [2.05, 4.69) is 15.6 Å². The summed E-state index contributed by atoms with van der Waals surface area (Å²) in [4.78, 5) is 29.3. The van der Waals surface area contributed by atoms with E-state index >= 15 is 0 Å². The van der Waals surface area contributed by atoms with Crippen LogP contribution in [0.25, 0.3) is 0 Å². The van der Waals surface area contributed by atoms with Crippen LogP contribution in [0.5, 0.6) is 0 Å². The molecular weight excluding hydrogens is 318 g/mol. The zero-order valence-corrected chi connectivity index (χ0v) is 13.2. The van der Waals surface area contributed by atoms with E-state index in [0.29, 0.717) is 21.3 Å². The number of hydrogen-bond donors (Lipinski definition) is 2. The normalized spacial score (nSPS) is 13.5. The van der Waals surface area contributed by atoms with Crippen molar-refractivity contribution in [1.29, 1.82) is 0 Å². The van der Waals surface area contributed by atoms with Gasteiger partial charge in [0, 0.05) is 5.75 Å². The standard InChI is InChI=1S/C15H13N3O2S2/c19-13(18-15-16-7-9-22-15)10-4-1-2-5-11(10)17-14(20)12-6-3-8-21-12/h1-6,8H,7,9H2,(H,17,20)(H,16,18,19). The van der Waals surface area contributed by atoms with E-state index in [1.165, 1.54) is 23.1 Å². The highest BCUT2D eigenvalue weighted by atomic mass is 32.2. The van der Waals surface area contributed by atoms with Crippen LogP contribution in [0.1, 0.15) is 20.0 Å². The maximum absolute atomic E-state index is 12.3. The maximum Gasteiger partial charge on any atom is 0.265 e. The molecule has 0 saturated carbocycles. The largest absolute Gasteiger partial charge is 0.321 e. The van der Waals surface area contributed by atoms with E-state index in [0.717, 1.165) is 12.3 Å². The van der Waals surface area contributed by atoms with Crippen LogP contribution < -0.4 is 10.6 Å². The second-order valence-corrected chi connectivity index (χ2v) is 6.50. The highest BCUT2D eigenvalue weighted by Gasteiger charge is 2.17.